The summed E-state index contributed by atoms with van der Waals surface area (Å²) >= 11 is 0. The standard InChI is InChI=1S/C16H28N4/c1-5-10-18-16(4,13-17)9-8-11-20-15(7-3)12-14(6-2)19-20/h12,18H,5-11H2,1-4H3. The Balaban J connectivity index is 2.54. The lowest BCUT2D eigenvalue weighted by Gasteiger charge is -2.23. The average molecular weight is 276 g/mol. The second-order valence-electron chi connectivity index (χ2n) is 5.53. The molecule has 0 aliphatic heterocycles. The normalized spacial score (nSPS) is 13.9. The highest BCUT2D eigenvalue weighted by atomic mass is 15.3. The molecule has 1 unspecified atom stereocenters. The van der Waals surface area contributed by atoms with Gasteiger partial charge >= 0.3 is 0 Å². The predicted molar refractivity (Wildman–Crippen MR) is 82.5 cm³/mol. The van der Waals surface area contributed by atoms with Crippen molar-refractivity contribution in [2.24, 2.45) is 0 Å². The lowest BCUT2D eigenvalue weighted by molar-refractivity contribution is 0.387. The molecule has 0 amide bonds. The summed E-state index contributed by atoms with van der Waals surface area (Å²) in [5, 5.41) is 17.3. The third-order valence-corrected chi connectivity index (χ3v) is 3.70. The van der Waals surface area contributed by atoms with Crippen LogP contribution in [0.25, 0.3) is 0 Å². The van der Waals surface area contributed by atoms with Gasteiger partial charge in [-0.05, 0) is 51.6 Å². The molecule has 0 saturated heterocycles. The number of hydrogen-bond acceptors (Lipinski definition) is 3. The lowest BCUT2D eigenvalue weighted by atomic mass is 9.97. The van der Waals surface area contributed by atoms with E-state index in [0.29, 0.717) is 0 Å². The summed E-state index contributed by atoms with van der Waals surface area (Å²) in [5.41, 5.74) is 2.04. The largest absolute Gasteiger partial charge is 0.300 e. The zero-order chi connectivity index (χ0) is 15.0. The van der Waals surface area contributed by atoms with Crippen LogP contribution in [0.15, 0.2) is 6.07 Å². The minimum absolute atomic E-state index is 0.414. The number of nitrogens with one attached hydrogen (secondary N) is 1. The first-order chi connectivity index (χ1) is 9.58. The Labute approximate surface area is 123 Å². The van der Waals surface area contributed by atoms with Gasteiger partial charge in [0, 0.05) is 12.2 Å². The van der Waals surface area contributed by atoms with E-state index in [4.69, 9.17) is 0 Å². The Kier molecular flexibility index (Phi) is 6.74. The van der Waals surface area contributed by atoms with E-state index < -0.39 is 5.54 Å². The highest BCUT2D eigenvalue weighted by Crippen LogP contribution is 2.14. The maximum absolute atomic E-state index is 9.32. The zero-order valence-corrected chi connectivity index (χ0v) is 13.4. The first-order valence-corrected chi connectivity index (χ1v) is 7.80. The average Bonchev–Trinajstić information content (AvgIpc) is 2.87. The molecule has 1 rings (SSSR count). The maximum Gasteiger partial charge on any atom is 0.103 e. The second-order valence-corrected chi connectivity index (χ2v) is 5.53. The third-order valence-electron chi connectivity index (χ3n) is 3.70. The molecule has 4 heteroatoms. The van der Waals surface area contributed by atoms with E-state index in [1.807, 2.05) is 6.92 Å². The molecular weight excluding hydrogens is 248 g/mol. The smallest absolute Gasteiger partial charge is 0.103 e. The number of nitriles is 1. The van der Waals surface area contributed by atoms with E-state index in [9.17, 15) is 5.26 Å². The van der Waals surface area contributed by atoms with Crippen LogP contribution < -0.4 is 5.32 Å². The van der Waals surface area contributed by atoms with E-state index in [1.54, 1.807) is 0 Å². The van der Waals surface area contributed by atoms with Crippen molar-refractivity contribution in [1.82, 2.24) is 15.1 Å². The van der Waals surface area contributed by atoms with E-state index >= 15 is 0 Å². The van der Waals surface area contributed by atoms with Crippen LogP contribution in [-0.4, -0.2) is 21.9 Å². The fourth-order valence-corrected chi connectivity index (χ4v) is 2.33. The molecule has 0 aromatic carbocycles. The molecular formula is C16H28N4. The highest BCUT2D eigenvalue weighted by Gasteiger charge is 2.22. The van der Waals surface area contributed by atoms with Crippen molar-refractivity contribution in [2.75, 3.05) is 6.54 Å². The Hall–Kier alpha value is -1.34. The molecule has 4 nitrogen and oxygen atoms in total. The van der Waals surface area contributed by atoms with Crippen molar-refractivity contribution in [3.05, 3.63) is 17.5 Å². The molecule has 1 aromatic rings. The monoisotopic (exact) mass is 276 g/mol. The van der Waals surface area contributed by atoms with E-state index in [-0.39, 0.29) is 0 Å². The van der Waals surface area contributed by atoms with Crippen molar-refractivity contribution in [3.8, 4) is 6.07 Å². The molecule has 0 saturated carbocycles. The minimum Gasteiger partial charge on any atom is -0.300 e. The Bertz CT molecular complexity index is 444. The van der Waals surface area contributed by atoms with Crippen LogP contribution in [0.1, 0.15) is 58.3 Å². The van der Waals surface area contributed by atoms with Crippen molar-refractivity contribution >= 4 is 0 Å². The highest BCUT2D eigenvalue weighted by molar-refractivity contribution is 5.10. The third kappa shape index (κ3) is 4.64. The van der Waals surface area contributed by atoms with Crippen LogP contribution in [-0.2, 0) is 19.4 Å². The summed E-state index contributed by atoms with van der Waals surface area (Å²) < 4.78 is 2.11. The van der Waals surface area contributed by atoms with Gasteiger partial charge in [-0.15, -0.1) is 0 Å². The number of aryl methyl sites for hydroxylation is 3. The number of rotatable bonds is 9. The van der Waals surface area contributed by atoms with Crippen molar-refractivity contribution < 1.29 is 0 Å². The van der Waals surface area contributed by atoms with Crippen molar-refractivity contribution in [2.45, 2.75) is 71.9 Å². The second kappa shape index (κ2) is 8.06. The van der Waals surface area contributed by atoms with Gasteiger partial charge in [0.05, 0.1) is 11.8 Å². The van der Waals surface area contributed by atoms with Crippen LogP contribution in [0, 0.1) is 11.3 Å². The molecule has 1 aromatic heterocycles. The summed E-state index contributed by atoms with van der Waals surface area (Å²) in [6.45, 7) is 10.2. The zero-order valence-electron chi connectivity index (χ0n) is 13.4. The van der Waals surface area contributed by atoms with Crippen LogP contribution >= 0.6 is 0 Å². The molecule has 0 radical (unpaired) electrons. The summed E-state index contributed by atoms with van der Waals surface area (Å²) in [4.78, 5) is 0. The van der Waals surface area contributed by atoms with Crippen LogP contribution in [0.2, 0.25) is 0 Å². The summed E-state index contributed by atoms with van der Waals surface area (Å²) in [6.07, 6.45) is 4.87. The van der Waals surface area contributed by atoms with E-state index in [1.165, 1.54) is 5.69 Å². The molecule has 0 aliphatic rings. The fraction of sp³-hybridized carbons (Fsp3) is 0.750. The molecule has 1 N–H and O–H groups in total. The summed E-state index contributed by atoms with van der Waals surface area (Å²) in [6, 6.07) is 4.60. The van der Waals surface area contributed by atoms with Gasteiger partial charge in [0.1, 0.15) is 5.54 Å². The van der Waals surface area contributed by atoms with Crippen molar-refractivity contribution in [3.63, 3.8) is 0 Å². The number of hydrogen-bond donors (Lipinski definition) is 1. The number of nitrogens with zero attached hydrogens (tertiary/aromatic N) is 3. The van der Waals surface area contributed by atoms with Crippen LogP contribution in [0.4, 0.5) is 0 Å². The lowest BCUT2D eigenvalue weighted by Crippen LogP contribution is -2.41. The van der Waals surface area contributed by atoms with E-state index in [2.05, 4.69) is 48.0 Å². The van der Waals surface area contributed by atoms with Gasteiger partial charge < -0.3 is 0 Å². The topological polar surface area (TPSA) is 53.6 Å². The van der Waals surface area contributed by atoms with Crippen LogP contribution in [0.3, 0.4) is 0 Å². The van der Waals surface area contributed by atoms with Gasteiger partial charge in [0.2, 0.25) is 0 Å². The molecule has 0 bridgehead atoms. The molecule has 0 spiro atoms. The van der Waals surface area contributed by atoms with E-state index in [0.717, 1.165) is 50.9 Å². The first-order valence-electron chi connectivity index (χ1n) is 7.80. The molecule has 1 atom stereocenters. The fourth-order valence-electron chi connectivity index (χ4n) is 2.33. The molecule has 0 fully saturated rings. The Morgan fingerprint density at radius 2 is 2.10 bits per heavy atom. The minimum atomic E-state index is -0.414. The number of aromatic nitrogens is 2. The molecule has 20 heavy (non-hydrogen) atoms. The molecule has 0 aliphatic carbocycles. The van der Waals surface area contributed by atoms with Gasteiger partial charge in [0.15, 0.2) is 0 Å². The summed E-state index contributed by atoms with van der Waals surface area (Å²) in [7, 11) is 0. The van der Waals surface area contributed by atoms with Gasteiger partial charge in [-0.1, -0.05) is 20.8 Å². The molecule has 112 valence electrons. The maximum atomic E-state index is 9.32. The Morgan fingerprint density at radius 3 is 2.65 bits per heavy atom. The molecule has 1 heterocycles. The SMILES string of the molecule is CCCNC(C)(C#N)CCCn1nc(CC)cc1CC. The predicted octanol–water partition coefficient (Wildman–Crippen LogP) is 3.07. The van der Waals surface area contributed by atoms with Gasteiger partial charge in [-0.25, -0.2) is 0 Å². The van der Waals surface area contributed by atoms with Gasteiger partial charge in [-0.3, -0.25) is 10.00 Å². The van der Waals surface area contributed by atoms with Gasteiger partial charge in [-0.2, -0.15) is 10.4 Å². The quantitative estimate of drug-likeness (QED) is 0.754. The van der Waals surface area contributed by atoms with Gasteiger partial charge in [0.25, 0.3) is 0 Å². The first kappa shape index (κ1) is 16.7. The summed E-state index contributed by atoms with van der Waals surface area (Å²) in [5.74, 6) is 0. The van der Waals surface area contributed by atoms with Crippen molar-refractivity contribution in [1.29, 1.82) is 5.26 Å². The van der Waals surface area contributed by atoms with Crippen LogP contribution in [0.5, 0.6) is 0 Å². The Morgan fingerprint density at radius 1 is 1.35 bits per heavy atom.